The van der Waals surface area contributed by atoms with Gasteiger partial charge in [0.15, 0.2) is 5.78 Å². The van der Waals surface area contributed by atoms with Crippen LogP contribution >= 0.6 is 11.6 Å². The number of phenols is 2. The highest BCUT2D eigenvalue weighted by Crippen LogP contribution is 2.44. The molecule has 132 valence electrons. The SMILES string of the molecule is C[C@H]1C[C@H]2C[C@H]2/C=C/C=C\C(=O)Cc2c(Cl)c(O)cc(O)c2C(=O)O1. The molecule has 0 unspecified atom stereocenters. The summed E-state index contributed by atoms with van der Waals surface area (Å²) in [5, 5.41) is 19.8. The van der Waals surface area contributed by atoms with Crippen LogP contribution < -0.4 is 0 Å². The number of carbonyl (C=O) groups excluding carboxylic acids is 2. The van der Waals surface area contributed by atoms with Gasteiger partial charge in [0, 0.05) is 18.1 Å². The second-order valence-electron chi connectivity index (χ2n) is 6.58. The van der Waals surface area contributed by atoms with Crippen LogP contribution in [0.3, 0.4) is 0 Å². The molecule has 5 nitrogen and oxygen atoms in total. The first-order valence-electron chi connectivity index (χ1n) is 8.18. The molecule has 3 atom stereocenters. The molecule has 1 heterocycles. The van der Waals surface area contributed by atoms with Gasteiger partial charge in [0.1, 0.15) is 17.1 Å². The lowest BCUT2D eigenvalue weighted by molar-refractivity contribution is -0.114. The summed E-state index contributed by atoms with van der Waals surface area (Å²) in [6.45, 7) is 1.80. The topological polar surface area (TPSA) is 83.8 Å². The van der Waals surface area contributed by atoms with Crippen molar-refractivity contribution < 1.29 is 24.5 Å². The molecule has 6 heteroatoms. The summed E-state index contributed by atoms with van der Waals surface area (Å²) in [6, 6.07) is 0.982. The third-order valence-electron chi connectivity index (χ3n) is 4.55. The van der Waals surface area contributed by atoms with Gasteiger partial charge in [-0.15, -0.1) is 0 Å². The summed E-state index contributed by atoms with van der Waals surface area (Å²) in [4.78, 5) is 24.7. The number of hydrogen-bond acceptors (Lipinski definition) is 5. The van der Waals surface area contributed by atoms with Gasteiger partial charge in [-0.3, -0.25) is 4.79 Å². The minimum Gasteiger partial charge on any atom is -0.507 e. The van der Waals surface area contributed by atoms with Crippen molar-refractivity contribution >= 4 is 23.4 Å². The number of cyclic esters (lactones) is 1. The summed E-state index contributed by atoms with van der Waals surface area (Å²) in [7, 11) is 0. The van der Waals surface area contributed by atoms with E-state index in [0.29, 0.717) is 11.8 Å². The maximum atomic E-state index is 12.5. The maximum absolute atomic E-state index is 12.5. The van der Waals surface area contributed by atoms with E-state index in [1.165, 1.54) is 6.08 Å². The molecule has 2 aliphatic rings. The number of fused-ring (bicyclic) bond motifs is 2. The Morgan fingerprint density at radius 1 is 1.16 bits per heavy atom. The van der Waals surface area contributed by atoms with E-state index in [1.54, 1.807) is 13.0 Å². The molecular weight excluding hydrogens is 344 g/mol. The number of benzene rings is 1. The quantitative estimate of drug-likeness (QED) is 0.689. The van der Waals surface area contributed by atoms with Crippen LogP contribution in [0.25, 0.3) is 0 Å². The lowest BCUT2D eigenvalue weighted by Crippen LogP contribution is -2.18. The summed E-state index contributed by atoms with van der Waals surface area (Å²) >= 11 is 6.07. The molecule has 0 radical (unpaired) electrons. The number of ether oxygens (including phenoxy) is 1. The van der Waals surface area contributed by atoms with Gasteiger partial charge in [-0.05, 0) is 37.7 Å². The Morgan fingerprint density at radius 3 is 2.68 bits per heavy atom. The molecule has 0 aromatic heterocycles. The largest absolute Gasteiger partial charge is 0.507 e. The lowest BCUT2D eigenvalue weighted by atomic mass is 10.00. The van der Waals surface area contributed by atoms with Crippen molar-refractivity contribution in [3.63, 3.8) is 0 Å². The normalized spacial score (nSPS) is 29.0. The summed E-state index contributed by atoms with van der Waals surface area (Å²) in [5.41, 5.74) is -0.104. The first-order valence-corrected chi connectivity index (χ1v) is 8.56. The number of allylic oxidation sites excluding steroid dienone is 4. The molecule has 1 fully saturated rings. The zero-order valence-corrected chi connectivity index (χ0v) is 14.5. The Hall–Kier alpha value is -2.27. The maximum Gasteiger partial charge on any atom is 0.342 e. The molecule has 3 rings (SSSR count). The van der Waals surface area contributed by atoms with Crippen molar-refractivity contribution in [3.8, 4) is 11.5 Å². The Kier molecular flexibility index (Phi) is 4.86. The van der Waals surface area contributed by atoms with E-state index >= 15 is 0 Å². The predicted molar refractivity (Wildman–Crippen MR) is 92.9 cm³/mol. The molecule has 0 bridgehead atoms. The number of carbonyl (C=O) groups is 2. The molecule has 1 aliphatic carbocycles. The molecule has 1 aromatic rings. The second-order valence-corrected chi connectivity index (χ2v) is 6.96. The van der Waals surface area contributed by atoms with Gasteiger partial charge >= 0.3 is 5.97 Å². The average molecular weight is 363 g/mol. The van der Waals surface area contributed by atoms with Crippen molar-refractivity contribution in [1.82, 2.24) is 0 Å². The number of hydrogen-bond donors (Lipinski definition) is 2. The van der Waals surface area contributed by atoms with Gasteiger partial charge in [-0.25, -0.2) is 4.79 Å². The molecule has 0 saturated heterocycles. The molecule has 0 amide bonds. The third-order valence-corrected chi connectivity index (χ3v) is 4.97. The first-order chi connectivity index (χ1) is 11.9. The molecule has 2 N–H and O–H groups in total. The molecule has 0 spiro atoms. The molecular formula is C19H19ClO5. The fraction of sp³-hybridized carbons (Fsp3) is 0.368. The van der Waals surface area contributed by atoms with Crippen molar-refractivity contribution in [2.45, 2.75) is 32.3 Å². The Balaban J connectivity index is 2.01. The van der Waals surface area contributed by atoms with Crippen LogP contribution in [-0.2, 0) is 16.0 Å². The zero-order valence-electron chi connectivity index (χ0n) is 13.7. The standard InChI is InChI=1S/C19H19ClO5/c1-10-6-12-7-11(12)4-2-3-5-13(21)8-14-17(19(24)25-10)15(22)9-16(23)18(14)20/h2-5,9-12,22-23H,6-8H2,1H3/b4-2+,5-3-/t10-,11+,12-/m0/s1. The highest BCUT2D eigenvalue weighted by Gasteiger charge is 2.36. The van der Waals surface area contributed by atoms with Crippen molar-refractivity contribution in [3.05, 3.63) is 46.5 Å². The molecule has 1 saturated carbocycles. The van der Waals surface area contributed by atoms with Crippen molar-refractivity contribution in [2.24, 2.45) is 11.8 Å². The van der Waals surface area contributed by atoms with Crippen LogP contribution in [0.1, 0.15) is 35.7 Å². The van der Waals surface area contributed by atoms with Crippen LogP contribution in [0.2, 0.25) is 5.02 Å². The Labute approximate surface area is 150 Å². The van der Waals surface area contributed by atoms with E-state index in [-0.39, 0.29) is 34.5 Å². The van der Waals surface area contributed by atoms with E-state index in [4.69, 9.17) is 16.3 Å². The molecule has 1 aromatic carbocycles. The van der Waals surface area contributed by atoms with Gasteiger partial charge in [0.05, 0.1) is 11.1 Å². The predicted octanol–water partition coefficient (Wildman–Crippen LogP) is 3.56. The smallest absolute Gasteiger partial charge is 0.342 e. The van der Waals surface area contributed by atoms with E-state index in [1.807, 2.05) is 12.2 Å². The van der Waals surface area contributed by atoms with E-state index in [0.717, 1.165) is 18.9 Å². The summed E-state index contributed by atoms with van der Waals surface area (Å²) < 4.78 is 5.44. The fourth-order valence-electron chi connectivity index (χ4n) is 3.17. The number of rotatable bonds is 0. The number of ketones is 1. The summed E-state index contributed by atoms with van der Waals surface area (Å²) in [6.07, 6.45) is 8.13. The van der Waals surface area contributed by atoms with E-state index in [9.17, 15) is 19.8 Å². The second kappa shape index (κ2) is 6.92. The minimum atomic E-state index is -0.747. The highest BCUT2D eigenvalue weighted by atomic mass is 35.5. The van der Waals surface area contributed by atoms with Gasteiger partial charge in [-0.1, -0.05) is 29.8 Å². The molecule has 1 aliphatic heterocycles. The van der Waals surface area contributed by atoms with Crippen LogP contribution in [0.15, 0.2) is 30.4 Å². The summed E-state index contributed by atoms with van der Waals surface area (Å²) in [5.74, 6) is -1.01. The number of phenolic OH excluding ortho intramolecular Hbond substituents is 2. The third kappa shape index (κ3) is 3.87. The van der Waals surface area contributed by atoms with E-state index in [2.05, 4.69) is 0 Å². The van der Waals surface area contributed by atoms with Crippen LogP contribution in [-0.4, -0.2) is 28.1 Å². The van der Waals surface area contributed by atoms with Crippen molar-refractivity contribution in [2.75, 3.05) is 0 Å². The minimum absolute atomic E-state index is 0.0661. The van der Waals surface area contributed by atoms with Gasteiger partial charge in [0.2, 0.25) is 0 Å². The zero-order chi connectivity index (χ0) is 18.1. The number of esters is 1. The number of halogens is 1. The Morgan fingerprint density at radius 2 is 1.92 bits per heavy atom. The highest BCUT2D eigenvalue weighted by molar-refractivity contribution is 6.33. The fourth-order valence-corrected chi connectivity index (χ4v) is 3.39. The first kappa shape index (κ1) is 17.5. The van der Waals surface area contributed by atoms with Gasteiger partial charge in [0.25, 0.3) is 0 Å². The molecule has 25 heavy (non-hydrogen) atoms. The number of aromatic hydroxyl groups is 2. The van der Waals surface area contributed by atoms with Crippen molar-refractivity contribution in [1.29, 1.82) is 0 Å². The monoisotopic (exact) mass is 362 g/mol. The average Bonchev–Trinajstić information content (AvgIpc) is 3.25. The van der Waals surface area contributed by atoms with Gasteiger partial charge < -0.3 is 14.9 Å². The van der Waals surface area contributed by atoms with Crippen LogP contribution in [0.5, 0.6) is 11.5 Å². The Bertz CT molecular complexity index is 781. The van der Waals surface area contributed by atoms with Crippen LogP contribution in [0.4, 0.5) is 0 Å². The lowest BCUT2D eigenvalue weighted by Gasteiger charge is -2.17. The van der Waals surface area contributed by atoms with E-state index < -0.39 is 17.5 Å². The van der Waals surface area contributed by atoms with Gasteiger partial charge in [-0.2, -0.15) is 0 Å². The van der Waals surface area contributed by atoms with Crippen LogP contribution in [0, 0.1) is 11.8 Å².